The van der Waals surface area contributed by atoms with Crippen molar-refractivity contribution in [3.05, 3.63) is 48.0 Å². The van der Waals surface area contributed by atoms with Gasteiger partial charge in [0.25, 0.3) is 0 Å². The van der Waals surface area contributed by atoms with E-state index in [2.05, 4.69) is 19.1 Å². The third kappa shape index (κ3) is 4.81. The molecule has 0 aliphatic carbocycles. The van der Waals surface area contributed by atoms with E-state index < -0.39 is 0 Å². The first-order chi connectivity index (χ1) is 14.6. The van der Waals surface area contributed by atoms with E-state index in [1.54, 1.807) is 0 Å². The van der Waals surface area contributed by atoms with Crippen LogP contribution in [-0.2, 0) is 16.0 Å². The second kappa shape index (κ2) is 10.2. The number of esters is 2. The Bertz CT molecular complexity index is 1050. The van der Waals surface area contributed by atoms with Gasteiger partial charge in [-0.25, -0.2) is 0 Å². The van der Waals surface area contributed by atoms with Gasteiger partial charge in [-0.3, -0.25) is 9.59 Å². The van der Waals surface area contributed by atoms with Crippen molar-refractivity contribution in [2.45, 2.75) is 65.7 Å². The molecule has 30 heavy (non-hydrogen) atoms. The minimum absolute atomic E-state index is 0.251. The number of carbonyl (C=O) groups is 2. The molecule has 3 aromatic rings. The van der Waals surface area contributed by atoms with Crippen molar-refractivity contribution in [2.75, 3.05) is 0 Å². The van der Waals surface area contributed by atoms with E-state index in [0.717, 1.165) is 53.6 Å². The van der Waals surface area contributed by atoms with Crippen LogP contribution in [0.15, 0.2) is 42.5 Å². The Morgan fingerprint density at radius 2 is 1.23 bits per heavy atom. The van der Waals surface area contributed by atoms with Crippen molar-refractivity contribution in [3.8, 4) is 11.5 Å². The van der Waals surface area contributed by atoms with Gasteiger partial charge in [-0.1, -0.05) is 63.6 Å². The number of ether oxygens (including phenoxy) is 2. The Balaban J connectivity index is 2.26. The second-order valence-corrected chi connectivity index (χ2v) is 7.64. The predicted molar refractivity (Wildman–Crippen MR) is 121 cm³/mol. The highest BCUT2D eigenvalue weighted by Gasteiger charge is 2.20. The standard InChI is InChI=1S/C26H30O4/c1-4-7-12-18-15-16-21-22(17-18)26(30-24(28)11-6-3)20-14-9-8-13-19(20)25(21)29-23(27)10-5-2/h8-9,13-17H,4-7,10-12H2,1-3H3. The molecule has 0 radical (unpaired) electrons. The highest BCUT2D eigenvalue weighted by molar-refractivity contribution is 6.12. The van der Waals surface area contributed by atoms with Crippen molar-refractivity contribution in [1.29, 1.82) is 0 Å². The molecule has 0 bridgehead atoms. The number of unbranched alkanes of at least 4 members (excludes halogenated alkanes) is 1. The van der Waals surface area contributed by atoms with Crippen LogP contribution in [0.25, 0.3) is 21.5 Å². The predicted octanol–water partition coefficient (Wildman–Crippen LogP) is 6.75. The number of rotatable bonds is 9. The smallest absolute Gasteiger partial charge is 0.311 e. The fourth-order valence-corrected chi connectivity index (χ4v) is 3.64. The zero-order valence-electron chi connectivity index (χ0n) is 18.1. The van der Waals surface area contributed by atoms with Gasteiger partial charge in [-0.15, -0.1) is 0 Å². The molecular weight excluding hydrogens is 376 g/mol. The molecule has 0 heterocycles. The maximum absolute atomic E-state index is 12.4. The van der Waals surface area contributed by atoms with E-state index in [4.69, 9.17) is 9.47 Å². The molecule has 0 aliphatic heterocycles. The maximum Gasteiger partial charge on any atom is 0.311 e. The SMILES string of the molecule is CCCCc1ccc2c(OC(=O)CCC)c3ccccc3c(OC(=O)CCC)c2c1. The van der Waals surface area contributed by atoms with E-state index >= 15 is 0 Å². The van der Waals surface area contributed by atoms with E-state index in [0.29, 0.717) is 24.3 Å². The van der Waals surface area contributed by atoms with E-state index in [9.17, 15) is 9.59 Å². The fraction of sp³-hybridized carbons (Fsp3) is 0.385. The zero-order chi connectivity index (χ0) is 21.5. The summed E-state index contributed by atoms with van der Waals surface area (Å²) >= 11 is 0. The Kier molecular flexibility index (Phi) is 7.45. The molecule has 0 amide bonds. The zero-order valence-corrected chi connectivity index (χ0v) is 18.1. The van der Waals surface area contributed by atoms with Gasteiger partial charge in [0, 0.05) is 34.4 Å². The van der Waals surface area contributed by atoms with Gasteiger partial charge < -0.3 is 9.47 Å². The fourth-order valence-electron chi connectivity index (χ4n) is 3.64. The van der Waals surface area contributed by atoms with Gasteiger partial charge in [-0.05, 0) is 37.3 Å². The Labute approximate surface area is 178 Å². The average molecular weight is 407 g/mol. The molecule has 158 valence electrons. The van der Waals surface area contributed by atoms with Gasteiger partial charge in [0.1, 0.15) is 11.5 Å². The Hall–Kier alpha value is -2.88. The first kappa shape index (κ1) is 21.8. The second-order valence-electron chi connectivity index (χ2n) is 7.64. The molecule has 4 heteroatoms. The van der Waals surface area contributed by atoms with Gasteiger partial charge in [0.15, 0.2) is 0 Å². The van der Waals surface area contributed by atoms with Crippen molar-refractivity contribution in [3.63, 3.8) is 0 Å². The molecule has 0 saturated carbocycles. The Morgan fingerprint density at radius 3 is 1.77 bits per heavy atom. The van der Waals surface area contributed by atoms with Gasteiger partial charge in [-0.2, -0.15) is 0 Å². The first-order valence-electron chi connectivity index (χ1n) is 11.0. The lowest BCUT2D eigenvalue weighted by Crippen LogP contribution is -2.10. The molecule has 0 atom stereocenters. The molecule has 4 nitrogen and oxygen atoms in total. The third-order valence-corrected chi connectivity index (χ3v) is 5.15. The normalized spacial score (nSPS) is 11.0. The molecule has 0 saturated heterocycles. The summed E-state index contributed by atoms with van der Waals surface area (Å²) in [7, 11) is 0. The van der Waals surface area contributed by atoms with Crippen LogP contribution in [0.3, 0.4) is 0 Å². The Morgan fingerprint density at radius 1 is 0.700 bits per heavy atom. The minimum atomic E-state index is -0.255. The van der Waals surface area contributed by atoms with Crippen LogP contribution in [0.4, 0.5) is 0 Å². The largest absolute Gasteiger partial charge is 0.425 e. The van der Waals surface area contributed by atoms with Crippen molar-refractivity contribution < 1.29 is 19.1 Å². The molecular formula is C26H30O4. The lowest BCUT2D eigenvalue weighted by molar-refractivity contribution is -0.135. The number of fused-ring (bicyclic) bond motifs is 2. The molecule has 0 spiro atoms. The van der Waals surface area contributed by atoms with Crippen molar-refractivity contribution >= 4 is 33.5 Å². The van der Waals surface area contributed by atoms with E-state index in [-0.39, 0.29) is 11.9 Å². The quantitative estimate of drug-likeness (QED) is 0.224. The monoisotopic (exact) mass is 406 g/mol. The molecule has 3 rings (SSSR count). The molecule has 0 unspecified atom stereocenters. The number of aryl methyl sites for hydroxylation is 1. The summed E-state index contributed by atoms with van der Waals surface area (Å²) in [4.78, 5) is 24.7. The number of carbonyl (C=O) groups excluding carboxylic acids is 2. The summed E-state index contributed by atoms with van der Waals surface area (Å²) in [6.07, 6.45) is 5.31. The highest BCUT2D eigenvalue weighted by Crippen LogP contribution is 2.43. The number of hydrogen-bond acceptors (Lipinski definition) is 4. The third-order valence-electron chi connectivity index (χ3n) is 5.15. The van der Waals surface area contributed by atoms with Crippen LogP contribution in [0.5, 0.6) is 11.5 Å². The molecule has 0 fully saturated rings. The number of benzene rings is 3. The molecule has 0 aliphatic rings. The lowest BCUT2D eigenvalue weighted by Gasteiger charge is -2.17. The summed E-state index contributed by atoms with van der Waals surface area (Å²) in [6.45, 7) is 6.07. The van der Waals surface area contributed by atoms with Gasteiger partial charge in [0.2, 0.25) is 0 Å². The van der Waals surface area contributed by atoms with E-state index in [1.165, 1.54) is 5.56 Å². The minimum Gasteiger partial charge on any atom is -0.425 e. The van der Waals surface area contributed by atoms with Gasteiger partial charge >= 0.3 is 11.9 Å². The lowest BCUT2D eigenvalue weighted by atomic mass is 9.97. The van der Waals surface area contributed by atoms with Crippen LogP contribution in [0.1, 0.15) is 64.9 Å². The molecule has 0 aromatic heterocycles. The topological polar surface area (TPSA) is 52.6 Å². The summed E-state index contributed by atoms with van der Waals surface area (Å²) in [5, 5.41) is 3.15. The van der Waals surface area contributed by atoms with Crippen molar-refractivity contribution in [2.24, 2.45) is 0 Å². The van der Waals surface area contributed by atoms with Crippen LogP contribution < -0.4 is 9.47 Å². The summed E-state index contributed by atoms with van der Waals surface area (Å²) < 4.78 is 11.7. The summed E-state index contributed by atoms with van der Waals surface area (Å²) in [5.74, 6) is 0.581. The summed E-state index contributed by atoms with van der Waals surface area (Å²) in [5.41, 5.74) is 1.18. The highest BCUT2D eigenvalue weighted by atomic mass is 16.5. The molecule has 0 N–H and O–H groups in total. The number of hydrogen-bond donors (Lipinski definition) is 0. The maximum atomic E-state index is 12.4. The van der Waals surface area contributed by atoms with Crippen LogP contribution >= 0.6 is 0 Å². The van der Waals surface area contributed by atoms with Crippen LogP contribution in [-0.4, -0.2) is 11.9 Å². The molecule has 3 aromatic carbocycles. The first-order valence-corrected chi connectivity index (χ1v) is 11.0. The van der Waals surface area contributed by atoms with Crippen LogP contribution in [0, 0.1) is 0 Å². The summed E-state index contributed by atoms with van der Waals surface area (Å²) in [6, 6.07) is 13.8. The van der Waals surface area contributed by atoms with Crippen molar-refractivity contribution in [1.82, 2.24) is 0 Å². The van der Waals surface area contributed by atoms with Crippen LogP contribution in [0.2, 0.25) is 0 Å². The van der Waals surface area contributed by atoms with E-state index in [1.807, 2.05) is 44.2 Å². The van der Waals surface area contributed by atoms with Gasteiger partial charge in [0.05, 0.1) is 0 Å². The average Bonchev–Trinajstić information content (AvgIpc) is 2.74.